The molecule has 0 spiro atoms. The Balaban J connectivity index is 1.94. The Labute approximate surface area is 158 Å². The first-order valence-electron chi connectivity index (χ1n) is 8.94. The average molecular weight is 356 g/mol. The van der Waals surface area contributed by atoms with Crippen molar-refractivity contribution in [3.05, 3.63) is 78.6 Å². The minimum atomic E-state index is 0.0343. The lowest BCUT2D eigenvalue weighted by atomic mass is 10.0. The first-order valence-corrected chi connectivity index (χ1v) is 8.94. The van der Waals surface area contributed by atoms with Gasteiger partial charge in [0.05, 0.1) is 6.10 Å². The number of hydrogen-bond acceptors (Lipinski definition) is 3. The van der Waals surface area contributed by atoms with E-state index in [1.165, 1.54) is 0 Å². The predicted molar refractivity (Wildman–Crippen MR) is 108 cm³/mol. The summed E-state index contributed by atoms with van der Waals surface area (Å²) in [5, 5.41) is 1.03. The zero-order valence-corrected chi connectivity index (χ0v) is 15.3. The third kappa shape index (κ3) is 3.34. The molecule has 0 bridgehead atoms. The van der Waals surface area contributed by atoms with Gasteiger partial charge in [0, 0.05) is 34.6 Å². The Hall–Kier alpha value is -3.40. The van der Waals surface area contributed by atoms with Crippen LogP contribution in [0.5, 0.6) is 5.75 Å². The molecule has 0 atom stereocenters. The summed E-state index contributed by atoms with van der Waals surface area (Å²) < 4.78 is 7.91. The van der Waals surface area contributed by atoms with Crippen molar-refractivity contribution in [3.63, 3.8) is 0 Å². The minimum absolute atomic E-state index is 0.0343. The summed E-state index contributed by atoms with van der Waals surface area (Å²) in [6.45, 7) is 3.94. The zero-order chi connectivity index (χ0) is 18.8. The van der Waals surface area contributed by atoms with Gasteiger partial charge in [-0.15, -0.1) is 0 Å². The van der Waals surface area contributed by atoms with Crippen LogP contribution in [0.1, 0.15) is 24.2 Å². The highest BCUT2D eigenvalue weighted by atomic mass is 16.5. The molecule has 0 fully saturated rings. The summed E-state index contributed by atoms with van der Waals surface area (Å²) in [5.74, 6) is 0.689. The fourth-order valence-electron chi connectivity index (χ4n) is 3.26. The first kappa shape index (κ1) is 17.0. The van der Waals surface area contributed by atoms with Crippen LogP contribution in [0.4, 0.5) is 0 Å². The summed E-state index contributed by atoms with van der Waals surface area (Å²) in [4.78, 5) is 16.0. The van der Waals surface area contributed by atoms with Gasteiger partial charge in [-0.1, -0.05) is 18.2 Å². The number of para-hydroxylation sites is 1. The highest BCUT2D eigenvalue weighted by Gasteiger charge is 2.14. The van der Waals surface area contributed by atoms with Crippen LogP contribution in [0.15, 0.2) is 73.1 Å². The molecule has 0 saturated heterocycles. The molecule has 0 unspecified atom stereocenters. The Morgan fingerprint density at radius 2 is 1.85 bits per heavy atom. The summed E-state index contributed by atoms with van der Waals surface area (Å²) in [5.41, 5.74) is 4.45. The second-order valence-electron chi connectivity index (χ2n) is 6.70. The summed E-state index contributed by atoms with van der Waals surface area (Å²) in [7, 11) is 0. The Kier molecular flexibility index (Phi) is 4.47. The van der Waals surface area contributed by atoms with Gasteiger partial charge in [-0.25, -0.2) is 4.98 Å². The number of aromatic nitrogens is 2. The van der Waals surface area contributed by atoms with E-state index in [1.54, 1.807) is 12.3 Å². The zero-order valence-electron chi connectivity index (χ0n) is 15.3. The first-order chi connectivity index (χ1) is 13.2. The fraction of sp³-hybridized carbons (Fsp3) is 0.130. The van der Waals surface area contributed by atoms with Crippen LogP contribution in [0, 0.1) is 0 Å². The van der Waals surface area contributed by atoms with E-state index in [0.717, 1.165) is 34.1 Å². The van der Waals surface area contributed by atoms with Gasteiger partial charge >= 0.3 is 0 Å². The number of carbonyl (C=O) groups is 1. The molecule has 0 aliphatic rings. The maximum atomic E-state index is 11.4. The van der Waals surface area contributed by atoms with Crippen LogP contribution in [-0.4, -0.2) is 21.9 Å². The number of hydrogen-bond donors (Lipinski definition) is 0. The molecule has 4 aromatic rings. The van der Waals surface area contributed by atoms with Crippen LogP contribution in [-0.2, 0) is 0 Å². The number of aldehydes is 1. The van der Waals surface area contributed by atoms with E-state index in [0.29, 0.717) is 11.3 Å². The number of ether oxygens (including phenoxy) is 1. The van der Waals surface area contributed by atoms with E-state index in [1.807, 2.05) is 68.4 Å². The SMILES string of the molecule is CC(C)Oc1cc(C=O)cc(-c2cn(-c3ccccc3)c3ncccc23)c1. The maximum Gasteiger partial charge on any atom is 0.150 e. The monoisotopic (exact) mass is 356 g/mol. The standard InChI is InChI=1S/C23H20N2O2/c1-16(2)27-20-12-17(15-26)11-18(13-20)22-14-25(19-7-4-3-5-8-19)23-21(22)9-6-10-24-23/h3-16H,1-2H3. The molecule has 27 heavy (non-hydrogen) atoms. The third-order valence-electron chi connectivity index (χ3n) is 4.35. The normalized spacial score (nSPS) is 11.1. The van der Waals surface area contributed by atoms with E-state index in [4.69, 9.17) is 4.74 Å². The van der Waals surface area contributed by atoms with E-state index >= 15 is 0 Å². The molecule has 0 saturated carbocycles. The van der Waals surface area contributed by atoms with Crippen molar-refractivity contribution in [2.45, 2.75) is 20.0 Å². The number of rotatable bonds is 5. The van der Waals surface area contributed by atoms with Crippen molar-refractivity contribution >= 4 is 17.3 Å². The van der Waals surface area contributed by atoms with Crippen LogP contribution in [0.2, 0.25) is 0 Å². The number of benzene rings is 2. The molecule has 0 N–H and O–H groups in total. The molecule has 0 radical (unpaired) electrons. The third-order valence-corrected chi connectivity index (χ3v) is 4.35. The molecular weight excluding hydrogens is 336 g/mol. The van der Waals surface area contributed by atoms with Gasteiger partial charge in [0.15, 0.2) is 0 Å². The summed E-state index contributed by atoms with van der Waals surface area (Å²) >= 11 is 0. The second kappa shape index (κ2) is 7.08. The van der Waals surface area contributed by atoms with Crippen LogP contribution in [0.25, 0.3) is 27.8 Å². The molecule has 4 rings (SSSR count). The molecule has 0 aliphatic carbocycles. The molecule has 134 valence electrons. The van der Waals surface area contributed by atoms with Gasteiger partial charge < -0.3 is 9.30 Å². The minimum Gasteiger partial charge on any atom is -0.491 e. The summed E-state index contributed by atoms with van der Waals surface area (Å²) in [6, 6.07) is 19.7. The maximum absolute atomic E-state index is 11.4. The van der Waals surface area contributed by atoms with Crippen molar-refractivity contribution in [3.8, 4) is 22.6 Å². The number of fused-ring (bicyclic) bond motifs is 1. The van der Waals surface area contributed by atoms with Gasteiger partial charge in [-0.2, -0.15) is 0 Å². The Bertz CT molecular complexity index is 1100. The van der Waals surface area contributed by atoms with Gasteiger partial charge in [-0.05, 0) is 61.9 Å². The van der Waals surface area contributed by atoms with E-state index < -0.39 is 0 Å². The molecule has 0 aliphatic heterocycles. The molecule has 0 amide bonds. The van der Waals surface area contributed by atoms with Gasteiger partial charge in [0.25, 0.3) is 0 Å². The molecule has 2 aromatic heterocycles. The lowest BCUT2D eigenvalue weighted by Gasteiger charge is -2.12. The van der Waals surface area contributed by atoms with Gasteiger partial charge in [0.1, 0.15) is 17.7 Å². The Morgan fingerprint density at radius 1 is 1.04 bits per heavy atom. The van der Waals surface area contributed by atoms with E-state index in [2.05, 4.69) is 15.7 Å². The van der Waals surface area contributed by atoms with Gasteiger partial charge in [-0.3, -0.25) is 4.79 Å². The summed E-state index contributed by atoms with van der Waals surface area (Å²) in [6.07, 6.45) is 4.74. The molecule has 4 heteroatoms. The second-order valence-corrected chi connectivity index (χ2v) is 6.70. The number of pyridine rings is 1. The van der Waals surface area contributed by atoms with Gasteiger partial charge in [0.2, 0.25) is 0 Å². The van der Waals surface area contributed by atoms with E-state index in [9.17, 15) is 4.79 Å². The highest BCUT2D eigenvalue weighted by Crippen LogP contribution is 2.34. The van der Waals surface area contributed by atoms with Crippen molar-refractivity contribution < 1.29 is 9.53 Å². The lowest BCUT2D eigenvalue weighted by Crippen LogP contribution is -2.05. The largest absolute Gasteiger partial charge is 0.491 e. The topological polar surface area (TPSA) is 44.1 Å². The van der Waals surface area contributed by atoms with Crippen molar-refractivity contribution in [2.24, 2.45) is 0 Å². The molecule has 2 heterocycles. The lowest BCUT2D eigenvalue weighted by molar-refractivity contribution is 0.112. The fourth-order valence-corrected chi connectivity index (χ4v) is 3.26. The predicted octanol–water partition coefficient (Wildman–Crippen LogP) is 5.29. The van der Waals surface area contributed by atoms with Crippen molar-refractivity contribution in [2.75, 3.05) is 0 Å². The number of nitrogens with zero attached hydrogens (tertiary/aromatic N) is 2. The number of carbonyl (C=O) groups excluding carboxylic acids is 1. The average Bonchev–Trinajstić information content (AvgIpc) is 3.07. The van der Waals surface area contributed by atoms with Crippen molar-refractivity contribution in [1.29, 1.82) is 0 Å². The van der Waals surface area contributed by atoms with Crippen LogP contribution < -0.4 is 4.74 Å². The van der Waals surface area contributed by atoms with Crippen LogP contribution >= 0.6 is 0 Å². The van der Waals surface area contributed by atoms with Crippen molar-refractivity contribution in [1.82, 2.24) is 9.55 Å². The molecule has 4 nitrogen and oxygen atoms in total. The molecular formula is C23H20N2O2. The Morgan fingerprint density at radius 3 is 2.59 bits per heavy atom. The highest BCUT2D eigenvalue weighted by molar-refractivity contribution is 5.96. The van der Waals surface area contributed by atoms with E-state index in [-0.39, 0.29) is 6.10 Å². The van der Waals surface area contributed by atoms with Crippen LogP contribution in [0.3, 0.4) is 0 Å². The smallest absolute Gasteiger partial charge is 0.150 e. The quantitative estimate of drug-likeness (QED) is 0.456. The molecule has 2 aromatic carbocycles.